The van der Waals surface area contributed by atoms with E-state index < -0.39 is 42.3 Å². The molecular formula is C16H26O7. The molecule has 1 aliphatic heterocycles. The number of methoxy groups -OCH3 is 1. The van der Waals surface area contributed by atoms with Crippen molar-refractivity contribution in [2.24, 2.45) is 11.8 Å². The normalized spacial score (nSPS) is 26.8. The molecule has 0 spiro atoms. The lowest BCUT2D eigenvalue weighted by molar-refractivity contribution is -0.166. The van der Waals surface area contributed by atoms with Crippen LogP contribution in [0.3, 0.4) is 0 Å². The maximum atomic E-state index is 11.9. The fourth-order valence-corrected chi connectivity index (χ4v) is 2.41. The van der Waals surface area contributed by atoms with Gasteiger partial charge in [-0.25, -0.2) is 4.79 Å². The summed E-state index contributed by atoms with van der Waals surface area (Å²) >= 11 is 0. The van der Waals surface area contributed by atoms with Crippen LogP contribution in [0.5, 0.6) is 0 Å². The van der Waals surface area contributed by atoms with Crippen LogP contribution in [0.1, 0.15) is 34.1 Å². The van der Waals surface area contributed by atoms with Crippen molar-refractivity contribution < 1.29 is 34.0 Å². The smallest absolute Gasteiger partial charge is 0.337 e. The number of hydrogen-bond donors (Lipinski definition) is 2. The number of carbonyl (C=O) groups is 2. The Bertz CT molecular complexity index is 457. The predicted octanol–water partition coefficient (Wildman–Crippen LogP) is 0.778. The molecule has 0 aromatic rings. The molecule has 132 valence electrons. The van der Waals surface area contributed by atoms with Crippen molar-refractivity contribution in [1.82, 2.24) is 0 Å². The van der Waals surface area contributed by atoms with Gasteiger partial charge in [-0.1, -0.05) is 20.8 Å². The molecule has 0 aliphatic carbocycles. The largest absolute Gasteiger partial charge is 0.495 e. The maximum absolute atomic E-state index is 11.9. The van der Waals surface area contributed by atoms with Crippen LogP contribution >= 0.6 is 0 Å². The van der Waals surface area contributed by atoms with E-state index in [1.165, 1.54) is 13.4 Å². The highest BCUT2D eigenvalue weighted by atomic mass is 16.6. The Hall–Kier alpha value is -1.60. The second kappa shape index (κ2) is 8.31. The molecule has 5 atom stereocenters. The third kappa shape index (κ3) is 4.45. The van der Waals surface area contributed by atoms with Gasteiger partial charge in [0.2, 0.25) is 0 Å². The molecular weight excluding hydrogens is 304 g/mol. The summed E-state index contributed by atoms with van der Waals surface area (Å²) in [7, 11) is 1.20. The van der Waals surface area contributed by atoms with Crippen LogP contribution < -0.4 is 0 Å². The first-order chi connectivity index (χ1) is 10.7. The van der Waals surface area contributed by atoms with Gasteiger partial charge < -0.3 is 24.4 Å². The topological polar surface area (TPSA) is 102 Å². The highest BCUT2D eigenvalue weighted by Gasteiger charge is 2.44. The first-order valence-corrected chi connectivity index (χ1v) is 7.75. The van der Waals surface area contributed by atoms with Crippen molar-refractivity contribution in [3.63, 3.8) is 0 Å². The summed E-state index contributed by atoms with van der Waals surface area (Å²) in [5.41, 5.74) is 0.0182. The predicted molar refractivity (Wildman–Crippen MR) is 81.2 cm³/mol. The average Bonchev–Trinajstić information content (AvgIpc) is 2.53. The van der Waals surface area contributed by atoms with Gasteiger partial charge in [0.05, 0.1) is 30.8 Å². The van der Waals surface area contributed by atoms with Gasteiger partial charge in [0.1, 0.15) is 24.4 Å². The van der Waals surface area contributed by atoms with Gasteiger partial charge in [-0.3, -0.25) is 4.79 Å². The second-order valence-electron chi connectivity index (χ2n) is 5.95. The molecule has 0 amide bonds. The summed E-state index contributed by atoms with van der Waals surface area (Å²) in [6, 6.07) is 0. The maximum Gasteiger partial charge on any atom is 0.337 e. The van der Waals surface area contributed by atoms with Gasteiger partial charge in [0, 0.05) is 0 Å². The van der Waals surface area contributed by atoms with E-state index in [9.17, 15) is 19.8 Å². The van der Waals surface area contributed by atoms with Crippen molar-refractivity contribution in [3.05, 3.63) is 11.8 Å². The molecule has 2 unspecified atom stereocenters. The fourth-order valence-electron chi connectivity index (χ4n) is 2.41. The molecule has 0 aromatic heterocycles. The number of aliphatic hydroxyl groups excluding tert-OH is 2. The number of esters is 2. The highest BCUT2D eigenvalue weighted by molar-refractivity contribution is 5.89. The first kappa shape index (κ1) is 19.4. The number of rotatable bonds is 6. The van der Waals surface area contributed by atoms with E-state index in [2.05, 4.69) is 4.74 Å². The molecule has 1 aliphatic rings. The van der Waals surface area contributed by atoms with E-state index in [0.29, 0.717) is 6.42 Å². The SMILES string of the molecule is CC[C@@H](OC(=O)C(C)C)[C@@H](O)[C@@H]1C(C(=O)OC)=COC(C)C1O. The van der Waals surface area contributed by atoms with Crippen molar-refractivity contribution in [3.8, 4) is 0 Å². The number of ether oxygens (including phenoxy) is 3. The number of carbonyl (C=O) groups excluding carboxylic acids is 2. The molecule has 1 rings (SSSR count). The molecule has 0 saturated heterocycles. The second-order valence-corrected chi connectivity index (χ2v) is 5.95. The van der Waals surface area contributed by atoms with E-state index in [-0.39, 0.29) is 11.5 Å². The molecule has 0 saturated carbocycles. The van der Waals surface area contributed by atoms with Gasteiger partial charge in [0.25, 0.3) is 0 Å². The molecule has 2 N–H and O–H groups in total. The lowest BCUT2D eigenvalue weighted by Crippen LogP contribution is -2.50. The van der Waals surface area contributed by atoms with Crippen LogP contribution in [0.15, 0.2) is 11.8 Å². The van der Waals surface area contributed by atoms with E-state index in [0.717, 1.165) is 0 Å². The summed E-state index contributed by atoms with van der Waals surface area (Å²) in [6.45, 7) is 6.74. The Balaban J connectivity index is 3.05. The van der Waals surface area contributed by atoms with E-state index in [4.69, 9.17) is 9.47 Å². The van der Waals surface area contributed by atoms with Crippen LogP contribution in [-0.4, -0.2) is 53.7 Å². The van der Waals surface area contributed by atoms with Crippen LogP contribution in [0.25, 0.3) is 0 Å². The first-order valence-electron chi connectivity index (χ1n) is 7.75. The van der Waals surface area contributed by atoms with Crippen molar-refractivity contribution in [2.75, 3.05) is 7.11 Å². The monoisotopic (exact) mass is 330 g/mol. The number of hydrogen-bond acceptors (Lipinski definition) is 7. The fraction of sp³-hybridized carbons (Fsp3) is 0.750. The Kier molecular flexibility index (Phi) is 7.02. The molecule has 0 radical (unpaired) electrons. The molecule has 0 aromatic carbocycles. The summed E-state index contributed by atoms with van der Waals surface area (Å²) < 4.78 is 15.2. The third-order valence-electron chi connectivity index (χ3n) is 3.93. The lowest BCUT2D eigenvalue weighted by atomic mass is 9.82. The Morgan fingerprint density at radius 3 is 2.48 bits per heavy atom. The third-order valence-corrected chi connectivity index (χ3v) is 3.93. The minimum atomic E-state index is -1.26. The average molecular weight is 330 g/mol. The molecule has 0 fully saturated rings. The Morgan fingerprint density at radius 2 is 2.00 bits per heavy atom. The van der Waals surface area contributed by atoms with Crippen molar-refractivity contribution in [1.29, 1.82) is 0 Å². The Labute approximate surface area is 136 Å². The molecule has 1 heterocycles. The zero-order valence-corrected chi connectivity index (χ0v) is 14.2. The molecule has 7 heteroatoms. The number of aliphatic hydroxyl groups is 2. The van der Waals surface area contributed by atoms with Crippen LogP contribution in [0.2, 0.25) is 0 Å². The molecule has 0 bridgehead atoms. The van der Waals surface area contributed by atoms with E-state index >= 15 is 0 Å². The highest BCUT2D eigenvalue weighted by Crippen LogP contribution is 2.31. The zero-order valence-electron chi connectivity index (χ0n) is 14.2. The summed E-state index contributed by atoms with van der Waals surface area (Å²) in [5, 5.41) is 21.0. The van der Waals surface area contributed by atoms with Gasteiger partial charge in [-0.05, 0) is 13.3 Å². The Morgan fingerprint density at radius 1 is 1.39 bits per heavy atom. The van der Waals surface area contributed by atoms with Gasteiger partial charge in [-0.2, -0.15) is 0 Å². The minimum absolute atomic E-state index is 0.0182. The van der Waals surface area contributed by atoms with Crippen LogP contribution in [0.4, 0.5) is 0 Å². The summed E-state index contributed by atoms with van der Waals surface area (Å²) in [4.78, 5) is 23.7. The van der Waals surface area contributed by atoms with Gasteiger partial charge >= 0.3 is 11.9 Å². The quantitative estimate of drug-likeness (QED) is 0.694. The van der Waals surface area contributed by atoms with Gasteiger partial charge in [-0.15, -0.1) is 0 Å². The van der Waals surface area contributed by atoms with Gasteiger partial charge in [0.15, 0.2) is 0 Å². The zero-order chi connectivity index (χ0) is 17.7. The van der Waals surface area contributed by atoms with Crippen molar-refractivity contribution in [2.45, 2.75) is 58.5 Å². The standard InChI is InChI=1S/C16H26O7/c1-6-11(23-15(19)8(2)3)14(18)12-10(16(20)21-5)7-22-9(4)13(12)17/h7-9,11-14,17-18H,6H2,1-5H3/t9?,11-,12-,13?,14-/m1/s1. The molecule has 23 heavy (non-hydrogen) atoms. The van der Waals surface area contributed by atoms with Crippen LogP contribution in [0, 0.1) is 11.8 Å². The van der Waals surface area contributed by atoms with Crippen molar-refractivity contribution >= 4 is 11.9 Å². The summed E-state index contributed by atoms with van der Waals surface area (Å²) in [5.74, 6) is -2.46. The van der Waals surface area contributed by atoms with E-state index in [1.54, 1.807) is 27.7 Å². The minimum Gasteiger partial charge on any atom is -0.495 e. The van der Waals surface area contributed by atoms with E-state index in [1.807, 2.05) is 0 Å². The summed E-state index contributed by atoms with van der Waals surface area (Å²) in [6.07, 6.45) is -2.31. The van der Waals surface area contributed by atoms with Crippen LogP contribution in [-0.2, 0) is 23.8 Å². The lowest BCUT2D eigenvalue weighted by Gasteiger charge is -2.37. The molecule has 7 nitrogen and oxygen atoms in total.